The van der Waals surface area contributed by atoms with Crippen LogP contribution in [0.25, 0.3) is 38.7 Å². The van der Waals surface area contributed by atoms with E-state index in [1.807, 2.05) is 89.1 Å². The number of aromatic amines is 2. The largest absolute Gasteiger partial charge is 0.361 e. The Labute approximate surface area is 462 Å². The molecule has 2 aliphatic rings. The number of nitrogens with zero attached hydrogens (tertiary/aromatic N) is 11. The number of hydrogen-bond donors (Lipinski definition) is 2. The lowest BCUT2D eigenvalue weighted by Crippen LogP contribution is -2.20. The van der Waals surface area contributed by atoms with Crippen LogP contribution in [0, 0.1) is 11.3 Å². The molecule has 1 unspecified atom stereocenters. The quantitative estimate of drug-likeness (QED) is 0.155. The lowest BCUT2D eigenvalue weighted by Gasteiger charge is -2.22. The van der Waals surface area contributed by atoms with Gasteiger partial charge in [0.2, 0.25) is 0 Å². The summed E-state index contributed by atoms with van der Waals surface area (Å²) in [5.41, 5.74) is 14.8. The maximum Gasteiger partial charge on any atom is 0.154 e. The van der Waals surface area contributed by atoms with Crippen molar-refractivity contribution in [3.05, 3.63) is 181 Å². The van der Waals surface area contributed by atoms with Crippen molar-refractivity contribution in [1.29, 1.82) is 0 Å². The minimum Gasteiger partial charge on any atom is -0.361 e. The maximum atomic E-state index is 4.41. The standard InChI is InChI=1S/2C12H15N.C11H14N2.3C10H13N3/c2*1-12(2,3)10-5-4-9-6-7-13-11(9)8-10;1-11(2,3)9-4-6-13-7-5-12-10(13)8-9;1-10(2,3)9-4-8-7(5-11-9)6-12-13-8;1-10(2,3)8-6-9-11-4-5-13(9)7-12-8;1-10(2,3)8-6-11-9-4-5-12-13(9)7-8/h2*4-8,13H,1-3H3;4-8H,1-3H3;3*4-7H,1-3H3. The van der Waals surface area contributed by atoms with Gasteiger partial charge in [-0.3, -0.25) is 9.39 Å². The fourth-order valence-electron chi connectivity index (χ4n) is 8.13. The Bertz CT molecular complexity index is 3220. The highest BCUT2D eigenvalue weighted by atomic mass is 15.2. The lowest BCUT2D eigenvalue weighted by molar-refractivity contribution is 0.498. The Morgan fingerprint density at radius 1 is 0.462 bits per heavy atom. The number of aliphatic imine (C=N–C) groups is 1. The van der Waals surface area contributed by atoms with E-state index in [0.717, 1.165) is 34.0 Å². The number of aromatic nitrogens is 10. The SMILES string of the molecule is CC(C)(C)C1=CC2=NN=CC2C=N1.CC(C)(C)c1cc2nccn2cn1.CC(C)(C)c1ccc2cc[nH]c2c1.CC(C)(C)c1ccc2cc[nH]c2c1.CC(C)(C)c1ccn2ccnc2c1.CC(C)(C)c1cnc2ccnn2c1. The molecular formula is C65H83N13. The minimum absolute atomic E-state index is 0.0899. The van der Waals surface area contributed by atoms with Gasteiger partial charge in [-0.2, -0.15) is 15.3 Å². The van der Waals surface area contributed by atoms with Crippen molar-refractivity contribution in [2.24, 2.45) is 26.5 Å². The van der Waals surface area contributed by atoms with Crippen LogP contribution < -0.4 is 0 Å². The fourth-order valence-corrected chi connectivity index (χ4v) is 8.13. The number of H-pyrrole nitrogens is 2. The maximum absolute atomic E-state index is 4.41. The first-order chi connectivity index (χ1) is 36.4. The zero-order valence-electron chi connectivity index (χ0n) is 49.5. The van der Waals surface area contributed by atoms with Crippen LogP contribution in [0.5, 0.6) is 0 Å². The van der Waals surface area contributed by atoms with Gasteiger partial charge in [-0.05, 0) is 97.2 Å². The molecular weight excluding hydrogens is 963 g/mol. The van der Waals surface area contributed by atoms with Crippen LogP contribution in [0.1, 0.15) is 153 Å². The Morgan fingerprint density at radius 3 is 1.56 bits per heavy atom. The second-order valence-corrected chi connectivity index (χ2v) is 26.2. The van der Waals surface area contributed by atoms with E-state index in [-0.39, 0.29) is 38.4 Å². The van der Waals surface area contributed by atoms with Crippen LogP contribution in [0.4, 0.5) is 0 Å². The average molecular weight is 1050 g/mol. The van der Waals surface area contributed by atoms with Crippen LogP contribution in [0.2, 0.25) is 0 Å². The molecule has 2 aliphatic heterocycles. The topological polar surface area (TPSA) is 146 Å². The van der Waals surface area contributed by atoms with E-state index >= 15 is 0 Å². The van der Waals surface area contributed by atoms with E-state index < -0.39 is 0 Å². The zero-order chi connectivity index (χ0) is 56.8. The van der Waals surface area contributed by atoms with Crippen molar-refractivity contribution in [3.8, 4) is 0 Å². The van der Waals surface area contributed by atoms with Crippen LogP contribution in [-0.2, 0) is 27.1 Å². The molecule has 408 valence electrons. The van der Waals surface area contributed by atoms with E-state index in [0.29, 0.717) is 0 Å². The molecule has 12 rings (SSSR count). The summed E-state index contributed by atoms with van der Waals surface area (Å²) in [6, 6.07) is 25.6. The highest BCUT2D eigenvalue weighted by molar-refractivity contribution is 6.19. The van der Waals surface area contributed by atoms with E-state index in [1.165, 1.54) is 44.1 Å². The normalized spacial score (nSPS) is 14.5. The van der Waals surface area contributed by atoms with Crippen LogP contribution >= 0.6 is 0 Å². The summed E-state index contributed by atoms with van der Waals surface area (Å²) in [5.74, 6) is 0.214. The molecule has 13 heteroatoms. The van der Waals surface area contributed by atoms with E-state index in [9.17, 15) is 0 Å². The molecule has 0 aliphatic carbocycles. The Morgan fingerprint density at radius 2 is 1.01 bits per heavy atom. The number of imidazole rings is 2. The van der Waals surface area contributed by atoms with E-state index in [2.05, 4.69) is 242 Å². The second kappa shape index (κ2) is 23.0. The van der Waals surface area contributed by atoms with Crippen molar-refractivity contribution in [1.82, 2.24) is 48.3 Å². The predicted molar refractivity (Wildman–Crippen MR) is 327 cm³/mol. The highest BCUT2D eigenvalue weighted by Gasteiger charge is 2.25. The predicted octanol–water partition coefficient (Wildman–Crippen LogP) is 15.7. The number of nitrogens with one attached hydrogen (secondary N) is 2. The first-order valence-electron chi connectivity index (χ1n) is 27.0. The van der Waals surface area contributed by atoms with Gasteiger partial charge < -0.3 is 14.4 Å². The Balaban J connectivity index is 0.000000136. The summed E-state index contributed by atoms with van der Waals surface area (Å²) < 4.78 is 5.74. The van der Waals surface area contributed by atoms with Crippen molar-refractivity contribution >= 4 is 56.9 Å². The van der Waals surface area contributed by atoms with Gasteiger partial charge in [0, 0.05) is 108 Å². The lowest BCUT2D eigenvalue weighted by atomic mass is 9.87. The summed E-state index contributed by atoms with van der Waals surface area (Å²) in [6.07, 6.45) is 26.8. The number of benzene rings is 2. The first-order valence-corrected chi connectivity index (χ1v) is 27.0. The number of allylic oxidation sites excluding steroid dienone is 2. The molecule has 0 spiro atoms. The van der Waals surface area contributed by atoms with Crippen LogP contribution in [0.15, 0.2) is 168 Å². The fraction of sp³-hybridized carbons (Fsp3) is 0.385. The molecule has 1 atom stereocenters. The number of hydrogen-bond acceptors (Lipinski definition) is 8. The van der Waals surface area contributed by atoms with E-state index in [1.54, 1.807) is 16.9 Å². The molecule has 0 saturated carbocycles. The third-order valence-corrected chi connectivity index (χ3v) is 13.4. The zero-order valence-corrected chi connectivity index (χ0v) is 49.5. The molecule has 0 saturated heterocycles. The number of pyridine rings is 1. The monoisotopic (exact) mass is 1050 g/mol. The number of fused-ring (bicyclic) bond motifs is 6. The van der Waals surface area contributed by atoms with Gasteiger partial charge >= 0.3 is 0 Å². The highest BCUT2D eigenvalue weighted by Crippen LogP contribution is 2.30. The summed E-state index contributed by atoms with van der Waals surface area (Å²) in [7, 11) is 0. The van der Waals surface area contributed by atoms with Crippen LogP contribution in [-0.4, -0.2) is 66.5 Å². The van der Waals surface area contributed by atoms with Crippen LogP contribution in [0.3, 0.4) is 0 Å². The number of rotatable bonds is 0. The Kier molecular flexibility index (Phi) is 17.1. The van der Waals surface area contributed by atoms with Crippen molar-refractivity contribution < 1.29 is 0 Å². The van der Waals surface area contributed by atoms with Gasteiger partial charge in [0.05, 0.1) is 23.5 Å². The molecule has 0 radical (unpaired) electrons. The van der Waals surface area contributed by atoms with Crippen molar-refractivity contribution in [3.63, 3.8) is 0 Å². The molecule has 2 aromatic carbocycles. The third kappa shape index (κ3) is 15.2. The first kappa shape index (κ1) is 57.9. The second-order valence-electron chi connectivity index (χ2n) is 26.2. The van der Waals surface area contributed by atoms with Gasteiger partial charge in [-0.15, -0.1) is 0 Å². The van der Waals surface area contributed by atoms with Gasteiger partial charge in [0.25, 0.3) is 0 Å². The summed E-state index contributed by atoms with van der Waals surface area (Å²) in [5, 5.41) is 14.6. The van der Waals surface area contributed by atoms with E-state index in [4.69, 9.17) is 0 Å². The summed E-state index contributed by atoms with van der Waals surface area (Å²) in [6.45, 7) is 39.4. The summed E-state index contributed by atoms with van der Waals surface area (Å²) in [4.78, 5) is 28.0. The summed E-state index contributed by atoms with van der Waals surface area (Å²) >= 11 is 0. The molecule has 10 aromatic rings. The minimum atomic E-state index is 0.0899. The Hall–Kier alpha value is -7.80. The molecule has 0 amide bonds. The van der Waals surface area contributed by atoms with Gasteiger partial charge in [-0.1, -0.05) is 149 Å². The molecule has 13 nitrogen and oxygen atoms in total. The molecule has 8 aromatic heterocycles. The smallest absolute Gasteiger partial charge is 0.154 e. The molecule has 10 heterocycles. The van der Waals surface area contributed by atoms with Crippen molar-refractivity contribution in [2.45, 2.75) is 152 Å². The third-order valence-electron chi connectivity index (χ3n) is 13.4. The molecule has 0 fully saturated rings. The van der Waals surface area contributed by atoms with Gasteiger partial charge in [-0.25, -0.2) is 24.5 Å². The molecule has 0 bridgehead atoms. The van der Waals surface area contributed by atoms with Gasteiger partial charge in [0.1, 0.15) is 17.6 Å². The molecule has 78 heavy (non-hydrogen) atoms. The average Bonchev–Trinajstić information content (AvgIpc) is 4.23. The molecule has 2 N–H and O–H groups in total. The van der Waals surface area contributed by atoms with Gasteiger partial charge in [0.15, 0.2) is 5.65 Å². The van der Waals surface area contributed by atoms with Crippen molar-refractivity contribution in [2.75, 3.05) is 0 Å².